The molecule has 6 nitrogen and oxygen atoms in total. The number of hydrogen-bond donors (Lipinski definition) is 2. The lowest BCUT2D eigenvalue weighted by molar-refractivity contribution is -0.151. The Bertz CT molecular complexity index is 207. The maximum Gasteiger partial charge on any atom is 0.328 e. The second kappa shape index (κ2) is 4.78. The molecule has 1 fully saturated rings. The normalized spacial score (nSPS) is 16.4. The van der Waals surface area contributed by atoms with Crippen molar-refractivity contribution in [2.75, 3.05) is 13.1 Å². The maximum atomic E-state index is 11.1. The summed E-state index contributed by atoms with van der Waals surface area (Å²) in [6.07, 6.45) is 1.64. The number of carbonyl (C=O) groups excluding carboxylic acids is 2. The van der Waals surface area contributed by atoms with E-state index in [1.54, 1.807) is 10.5 Å². The molecule has 0 unspecified atom stereocenters. The molecule has 13 heavy (non-hydrogen) atoms. The van der Waals surface area contributed by atoms with E-state index in [-0.39, 0.29) is 12.3 Å². The number of nitrogens with one attached hydrogen (secondary N) is 1. The molecule has 0 spiro atoms. The van der Waals surface area contributed by atoms with Crippen LogP contribution in [0.3, 0.4) is 0 Å². The molecule has 1 heterocycles. The van der Waals surface area contributed by atoms with Gasteiger partial charge in [0.25, 0.3) is 0 Å². The van der Waals surface area contributed by atoms with E-state index < -0.39 is 5.97 Å². The first kappa shape index (κ1) is 9.94. The van der Waals surface area contributed by atoms with Gasteiger partial charge in [0.15, 0.2) is 0 Å². The van der Waals surface area contributed by atoms with Gasteiger partial charge in [0, 0.05) is 19.5 Å². The molecule has 1 aliphatic rings. The average Bonchev–Trinajstić information content (AvgIpc) is 2.48. The predicted octanol–water partition coefficient (Wildman–Crippen LogP) is -1.08. The maximum absolute atomic E-state index is 11.1. The molecule has 0 aromatic carbocycles. The molecule has 0 radical (unpaired) electrons. The third-order valence-corrected chi connectivity index (χ3v) is 1.93. The fraction of sp³-hybridized carbons (Fsp3) is 0.714. The van der Waals surface area contributed by atoms with E-state index in [0.29, 0.717) is 13.0 Å². The van der Waals surface area contributed by atoms with Crippen molar-refractivity contribution in [2.45, 2.75) is 19.3 Å². The molecular weight excluding hydrogens is 174 g/mol. The number of nitrogens with zero attached hydrogens (tertiary/aromatic N) is 1. The minimum absolute atomic E-state index is 0.105. The van der Waals surface area contributed by atoms with Crippen LogP contribution in [-0.2, 0) is 14.4 Å². The highest BCUT2D eigenvalue weighted by atomic mass is 16.7. The lowest BCUT2D eigenvalue weighted by Crippen LogP contribution is -2.31. The van der Waals surface area contributed by atoms with E-state index in [1.165, 1.54) is 0 Å². The van der Waals surface area contributed by atoms with Crippen LogP contribution in [0, 0.1) is 0 Å². The minimum atomic E-state index is -0.456. The predicted molar refractivity (Wildman–Crippen MR) is 43.8 cm³/mol. The molecule has 1 amide bonds. The Morgan fingerprint density at radius 1 is 1.69 bits per heavy atom. The van der Waals surface area contributed by atoms with Gasteiger partial charge in [-0.25, -0.2) is 5.84 Å². The van der Waals surface area contributed by atoms with Gasteiger partial charge in [-0.1, -0.05) is 5.59 Å². The molecule has 3 N–H and O–H groups in total. The zero-order valence-electron chi connectivity index (χ0n) is 7.28. The van der Waals surface area contributed by atoms with Crippen molar-refractivity contribution >= 4 is 11.9 Å². The van der Waals surface area contributed by atoms with E-state index >= 15 is 0 Å². The SMILES string of the molecule is NNOC(=O)CCN1CCCC1=O. The summed E-state index contributed by atoms with van der Waals surface area (Å²) >= 11 is 0. The van der Waals surface area contributed by atoms with Crippen LogP contribution in [0.5, 0.6) is 0 Å². The summed E-state index contributed by atoms with van der Waals surface area (Å²) in [6.45, 7) is 1.15. The molecule has 1 rings (SSSR count). The Balaban J connectivity index is 2.18. The van der Waals surface area contributed by atoms with Crippen LogP contribution in [-0.4, -0.2) is 29.9 Å². The summed E-state index contributed by atoms with van der Waals surface area (Å²) in [5.74, 6) is 4.42. The largest absolute Gasteiger partial charge is 0.356 e. The molecule has 0 atom stereocenters. The van der Waals surface area contributed by atoms with Gasteiger partial charge in [-0.05, 0) is 6.42 Å². The number of rotatable bonds is 4. The van der Waals surface area contributed by atoms with E-state index in [1.807, 2.05) is 0 Å². The lowest BCUT2D eigenvalue weighted by Gasteiger charge is -2.13. The third-order valence-electron chi connectivity index (χ3n) is 1.93. The van der Waals surface area contributed by atoms with E-state index in [9.17, 15) is 9.59 Å². The monoisotopic (exact) mass is 187 g/mol. The second-order valence-electron chi connectivity index (χ2n) is 2.83. The Morgan fingerprint density at radius 2 is 2.46 bits per heavy atom. The van der Waals surface area contributed by atoms with Crippen molar-refractivity contribution in [3.05, 3.63) is 0 Å². The highest BCUT2D eigenvalue weighted by Crippen LogP contribution is 2.09. The summed E-state index contributed by atoms with van der Waals surface area (Å²) in [4.78, 5) is 27.8. The minimum Gasteiger partial charge on any atom is -0.356 e. The van der Waals surface area contributed by atoms with Gasteiger partial charge >= 0.3 is 5.97 Å². The zero-order chi connectivity index (χ0) is 9.68. The molecule has 74 valence electrons. The molecule has 0 aromatic rings. The highest BCUT2D eigenvalue weighted by Gasteiger charge is 2.20. The Hall–Kier alpha value is -1.14. The van der Waals surface area contributed by atoms with Crippen molar-refractivity contribution in [2.24, 2.45) is 5.84 Å². The van der Waals surface area contributed by atoms with Crippen LogP contribution in [0.1, 0.15) is 19.3 Å². The van der Waals surface area contributed by atoms with Crippen molar-refractivity contribution in [3.8, 4) is 0 Å². The fourth-order valence-electron chi connectivity index (χ4n) is 1.28. The first-order chi connectivity index (χ1) is 6.24. The van der Waals surface area contributed by atoms with E-state index in [4.69, 9.17) is 5.84 Å². The van der Waals surface area contributed by atoms with Crippen molar-refractivity contribution in [1.29, 1.82) is 0 Å². The van der Waals surface area contributed by atoms with E-state index in [0.717, 1.165) is 13.0 Å². The summed E-state index contributed by atoms with van der Waals surface area (Å²) < 4.78 is 0. The molecule has 0 aliphatic carbocycles. The lowest BCUT2D eigenvalue weighted by atomic mass is 10.4. The van der Waals surface area contributed by atoms with Crippen molar-refractivity contribution < 1.29 is 14.4 Å². The quantitative estimate of drug-likeness (QED) is 0.432. The van der Waals surface area contributed by atoms with Gasteiger partial charge in [0.2, 0.25) is 5.91 Å². The number of nitrogens with two attached hydrogens (primary N) is 1. The average molecular weight is 187 g/mol. The fourth-order valence-corrected chi connectivity index (χ4v) is 1.28. The molecule has 0 bridgehead atoms. The van der Waals surface area contributed by atoms with Crippen LogP contribution in [0.15, 0.2) is 0 Å². The topological polar surface area (TPSA) is 84.7 Å². The number of amides is 1. The van der Waals surface area contributed by atoms with Gasteiger partial charge < -0.3 is 9.74 Å². The van der Waals surface area contributed by atoms with Crippen LogP contribution in [0.2, 0.25) is 0 Å². The van der Waals surface area contributed by atoms with Crippen LogP contribution in [0.25, 0.3) is 0 Å². The van der Waals surface area contributed by atoms with Crippen LogP contribution < -0.4 is 11.4 Å². The summed E-state index contributed by atoms with van der Waals surface area (Å²) in [5.41, 5.74) is 1.80. The second-order valence-corrected chi connectivity index (χ2v) is 2.83. The molecule has 0 aromatic heterocycles. The van der Waals surface area contributed by atoms with Gasteiger partial charge in [-0.3, -0.25) is 9.59 Å². The van der Waals surface area contributed by atoms with Gasteiger partial charge in [0.1, 0.15) is 0 Å². The smallest absolute Gasteiger partial charge is 0.328 e. The molecule has 1 saturated heterocycles. The molecule has 6 heteroatoms. The van der Waals surface area contributed by atoms with Crippen LogP contribution in [0.4, 0.5) is 0 Å². The summed E-state index contributed by atoms with van der Waals surface area (Å²) in [5, 5.41) is 0. The summed E-state index contributed by atoms with van der Waals surface area (Å²) in [7, 11) is 0. The number of hydrogen-bond acceptors (Lipinski definition) is 5. The Labute approximate surface area is 75.9 Å². The zero-order valence-corrected chi connectivity index (χ0v) is 7.28. The van der Waals surface area contributed by atoms with Crippen molar-refractivity contribution in [1.82, 2.24) is 10.5 Å². The first-order valence-electron chi connectivity index (χ1n) is 4.17. The number of carbonyl (C=O) groups is 2. The number of hydrazine groups is 1. The van der Waals surface area contributed by atoms with Crippen LogP contribution >= 0.6 is 0 Å². The standard InChI is InChI=1S/C7H13N3O3/c8-9-13-7(12)3-5-10-4-1-2-6(10)11/h9H,1-5,8H2. The molecule has 0 saturated carbocycles. The highest BCUT2D eigenvalue weighted by molar-refractivity contribution is 5.78. The van der Waals surface area contributed by atoms with E-state index in [2.05, 4.69) is 4.84 Å². The van der Waals surface area contributed by atoms with Gasteiger partial charge in [0.05, 0.1) is 6.42 Å². The number of likely N-dealkylation sites (tertiary alicyclic amines) is 1. The Morgan fingerprint density at radius 3 is 3.00 bits per heavy atom. The summed E-state index contributed by atoms with van der Waals surface area (Å²) in [6, 6.07) is 0. The third kappa shape index (κ3) is 3.00. The van der Waals surface area contributed by atoms with Gasteiger partial charge in [-0.2, -0.15) is 0 Å². The molecular formula is C7H13N3O3. The Kier molecular flexibility index (Phi) is 3.66. The molecule has 1 aliphatic heterocycles. The first-order valence-corrected chi connectivity index (χ1v) is 4.17. The van der Waals surface area contributed by atoms with Crippen molar-refractivity contribution in [3.63, 3.8) is 0 Å². The van der Waals surface area contributed by atoms with Gasteiger partial charge in [-0.15, -0.1) is 0 Å².